The van der Waals surface area contributed by atoms with E-state index < -0.39 is 0 Å². The van der Waals surface area contributed by atoms with Crippen molar-refractivity contribution in [3.63, 3.8) is 0 Å². The zero-order valence-electron chi connectivity index (χ0n) is 11.7. The van der Waals surface area contributed by atoms with Crippen molar-refractivity contribution in [1.29, 1.82) is 0 Å². The van der Waals surface area contributed by atoms with Gasteiger partial charge in [0.15, 0.2) is 0 Å². The second-order valence-corrected chi connectivity index (χ2v) is 5.45. The van der Waals surface area contributed by atoms with Gasteiger partial charge < -0.3 is 5.32 Å². The van der Waals surface area contributed by atoms with E-state index in [1.807, 2.05) is 0 Å². The Bertz CT molecular complexity index is 228. The van der Waals surface area contributed by atoms with Crippen LogP contribution in [0.1, 0.15) is 59.3 Å². The van der Waals surface area contributed by atoms with E-state index in [4.69, 9.17) is 0 Å². The van der Waals surface area contributed by atoms with Gasteiger partial charge in [-0.25, -0.2) is 0 Å². The van der Waals surface area contributed by atoms with Gasteiger partial charge in [-0.15, -0.1) is 0 Å². The minimum Gasteiger partial charge on any atom is -0.352 e. The first kappa shape index (κ1) is 14.5. The average molecular weight is 240 g/mol. The van der Waals surface area contributed by atoms with E-state index in [0.29, 0.717) is 18.5 Å². The van der Waals surface area contributed by atoms with Crippen molar-refractivity contribution in [2.45, 2.75) is 71.4 Å². The molecule has 1 N–H and O–H groups in total. The molecule has 0 radical (unpaired) electrons. The summed E-state index contributed by atoms with van der Waals surface area (Å²) in [6.45, 7) is 8.80. The highest BCUT2D eigenvalue weighted by molar-refractivity contribution is 5.76. The molecule has 0 aromatic rings. The number of rotatable bonds is 5. The van der Waals surface area contributed by atoms with Gasteiger partial charge in [-0.2, -0.15) is 0 Å². The summed E-state index contributed by atoms with van der Waals surface area (Å²) in [7, 11) is 0. The third-order valence-electron chi connectivity index (χ3n) is 3.56. The summed E-state index contributed by atoms with van der Waals surface area (Å²) in [5.41, 5.74) is 0. The van der Waals surface area contributed by atoms with Crippen molar-refractivity contribution in [2.24, 2.45) is 0 Å². The van der Waals surface area contributed by atoms with Crippen molar-refractivity contribution in [3.8, 4) is 0 Å². The molecule has 1 aliphatic rings. The number of hydrogen-bond acceptors (Lipinski definition) is 2. The van der Waals surface area contributed by atoms with Crippen LogP contribution < -0.4 is 5.32 Å². The largest absolute Gasteiger partial charge is 0.352 e. The summed E-state index contributed by atoms with van der Waals surface area (Å²) < 4.78 is 0. The minimum atomic E-state index is 0.238. The number of nitrogens with zero attached hydrogens (tertiary/aromatic N) is 1. The molecule has 100 valence electrons. The molecule has 1 fully saturated rings. The summed E-state index contributed by atoms with van der Waals surface area (Å²) in [6, 6.07) is 0.951. The monoisotopic (exact) mass is 240 g/mol. The van der Waals surface area contributed by atoms with Crippen LogP contribution in [0.5, 0.6) is 0 Å². The minimum absolute atomic E-state index is 0.238. The number of likely N-dealkylation sites (tertiary alicyclic amines) is 1. The van der Waals surface area contributed by atoms with E-state index in [9.17, 15) is 4.79 Å². The average Bonchev–Trinajstić information content (AvgIpc) is 2.52. The van der Waals surface area contributed by atoms with Crippen molar-refractivity contribution in [2.75, 3.05) is 13.1 Å². The molecule has 1 saturated heterocycles. The molecule has 0 aromatic heterocycles. The van der Waals surface area contributed by atoms with E-state index in [0.717, 1.165) is 25.8 Å². The molecule has 0 spiro atoms. The Hall–Kier alpha value is -0.570. The van der Waals surface area contributed by atoms with Crippen LogP contribution in [-0.2, 0) is 4.79 Å². The van der Waals surface area contributed by atoms with E-state index >= 15 is 0 Å². The first-order valence-corrected chi connectivity index (χ1v) is 7.17. The Labute approximate surface area is 106 Å². The fourth-order valence-electron chi connectivity index (χ4n) is 2.40. The second-order valence-electron chi connectivity index (χ2n) is 5.45. The number of carbonyl (C=O) groups excluding carboxylic acids is 1. The van der Waals surface area contributed by atoms with Crippen molar-refractivity contribution < 1.29 is 4.79 Å². The lowest BCUT2D eigenvalue weighted by Crippen LogP contribution is -2.44. The first-order chi connectivity index (χ1) is 8.13. The van der Waals surface area contributed by atoms with Crippen molar-refractivity contribution in [1.82, 2.24) is 10.2 Å². The van der Waals surface area contributed by atoms with Gasteiger partial charge in [0.2, 0.25) is 5.91 Å². The van der Waals surface area contributed by atoms with E-state index in [1.54, 1.807) is 0 Å². The van der Waals surface area contributed by atoms with Crippen LogP contribution in [0, 0.1) is 0 Å². The molecule has 17 heavy (non-hydrogen) atoms. The fourth-order valence-corrected chi connectivity index (χ4v) is 2.40. The van der Waals surface area contributed by atoms with Crippen molar-refractivity contribution >= 4 is 5.91 Å². The third kappa shape index (κ3) is 5.53. The molecule has 1 aliphatic heterocycles. The Morgan fingerprint density at radius 3 is 2.82 bits per heavy atom. The number of unbranched alkanes of at least 4 members (excludes halogenated alkanes) is 1. The Balaban J connectivity index is 2.37. The topological polar surface area (TPSA) is 32.3 Å². The van der Waals surface area contributed by atoms with Crippen LogP contribution in [-0.4, -0.2) is 36.0 Å². The molecule has 0 aliphatic carbocycles. The van der Waals surface area contributed by atoms with Gasteiger partial charge in [0.05, 0.1) is 0 Å². The lowest BCUT2D eigenvalue weighted by molar-refractivity contribution is -0.122. The molecule has 1 atom stereocenters. The lowest BCUT2D eigenvalue weighted by Gasteiger charge is -2.28. The molecule has 1 amide bonds. The van der Waals surface area contributed by atoms with Crippen LogP contribution >= 0.6 is 0 Å². The van der Waals surface area contributed by atoms with Gasteiger partial charge in [-0.1, -0.05) is 19.8 Å². The standard InChI is InChI=1S/C14H28N2O/c1-4-5-9-14(17)15-13-8-6-7-10-16(11-13)12(2)3/h12-13H,4-11H2,1-3H3,(H,15,17). The number of carbonyl (C=O) groups is 1. The maximum absolute atomic E-state index is 11.7. The van der Waals surface area contributed by atoms with Gasteiger partial charge >= 0.3 is 0 Å². The highest BCUT2D eigenvalue weighted by atomic mass is 16.1. The summed E-state index contributed by atoms with van der Waals surface area (Å²) in [4.78, 5) is 14.2. The molecule has 1 heterocycles. The maximum atomic E-state index is 11.7. The molecule has 0 saturated carbocycles. The summed E-state index contributed by atoms with van der Waals surface area (Å²) in [5.74, 6) is 0.238. The van der Waals surface area contributed by atoms with Crippen LogP contribution in [0.4, 0.5) is 0 Å². The molecular formula is C14H28N2O. The smallest absolute Gasteiger partial charge is 0.220 e. The molecular weight excluding hydrogens is 212 g/mol. The van der Waals surface area contributed by atoms with Gasteiger partial charge in [-0.05, 0) is 39.7 Å². The van der Waals surface area contributed by atoms with Gasteiger partial charge in [0.1, 0.15) is 0 Å². The molecule has 3 heteroatoms. The zero-order valence-corrected chi connectivity index (χ0v) is 11.7. The van der Waals surface area contributed by atoms with E-state index in [2.05, 4.69) is 31.0 Å². The summed E-state index contributed by atoms with van der Waals surface area (Å²) in [6.07, 6.45) is 6.43. The molecule has 0 bridgehead atoms. The molecule has 0 aromatic carbocycles. The summed E-state index contributed by atoms with van der Waals surface area (Å²) >= 11 is 0. The molecule has 1 unspecified atom stereocenters. The number of hydrogen-bond donors (Lipinski definition) is 1. The summed E-state index contributed by atoms with van der Waals surface area (Å²) in [5, 5.41) is 3.20. The Kier molecular flexibility index (Phi) is 6.56. The fraction of sp³-hybridized carbons (Fsp3) is 0.929. The van der Waals surface area contributed by atoms with Crippen LogP contribution in [0.15, 0.2) is 0 Å². The van der Waals surface area contributed by atoms with Crippen LogP contribution in [0.2, 0.25) is 0 Å². The molecule has 3 nitrogen and oxygen atoms in total. The van der Waals surface area contributed by atoms with E-state index in [-0.39, 0.29) is 5.91 Å². The van der Waals surface area contributed by atoms with Crippen LogP contribution in [0.3, 0.4) is 0 Å². The third-order valence-corrected chi connectivity index (χ3v) is 3.56. The number of amides is 1. The number of nitrogens with one attached hydrogen (secondary N) is 1. The Morgan fingerprint density at radius 1 is 1.41 bits per heavy atom. The van der Waals surface area contributed by atoms with E-state index in [1.165, 1.54) is 19.4 Å². The van der Waals surface area contributed by atoms with Gasteiger partial charge in [0, 0.05) is 25.0 Å². The van der Waals surface area contributed by atoms with Crippen LogP contribution in [0.25, 0.3) is 0 Å². The normalized spacial score (nSPS) is 22.5. The second kappa shape index (κ2) is 7.70. The highest BCUT2D eigenvalue weighted by Crippen LogP contribution is 2.13. The first-order valence-electron chi connectivity index (χ1n) is 7.17. The highest BCUT2D eigenvalue weighted by Gasteiger charge is 2.20. The molecule has 1 rings (SSSR count). The van der Waals surface area contributed by atoms with Gasteiger partial charge in [-0.3, -0.25) is 9.69 Å². The maximum Gasteiger partial charge on any atom is 0.220 e. The quantitative estimate of drug-likeness (QED) is 0.801. The zero-order chi connectivity index (χ0) is 12.7. The Morgan fingerprint density at radius 2 is 2.18 bits per heavy atom. The predicted molar refractivity (Wildman–Crippen MR) is 72.0 cm³/mol. The van der Waals surface area contributed by atoms with Gasteiger partial charge in [0.25, 0.3) is 0 Å². The SMILES string of the molecule is CCCCC(=O)NC1CCCCN(C(C)C)C1. The lowest BCUT2D eigenvalue weighted by atomic mass is 10.1. The predicted octanol–water partition coefficient (Wildman–Crippen LogP) is 2.56. The van der Waals surface area contributed by atoms with Crippen molar-refractivity contribution in [3.05, 3.63) is 0 Å².